The molecule has 2 N–H and O–H groups in total. The van der Waals surface area contributed by atoms with Gasteiger partial charge in [0.2, 0.25) is 0 Å². The molecule has 2 aliphatic carbocycles. The minimum atomic E-state index is -4.73. The van der Waals surface area contributed by atoms with Crippen molar-refractivity contribution in [2.24, 2.45) is 10.9 Å². The van der Waals surface area contributed by atoms with Gasteiger partial charge in [0.1, 0.15) is 6.10 Å². The van der Waals surface area contributed by atoms with Gasteiger partial charge in [0.05, 0.1) is 43.7 Å². The Balaban J connectivity index is 1.40. The van der Waals surface area contributed by atoms with Gasteiger partial charge in [0.15, 0.2) is 0 Å². The summed E-state index contributed by atoms with van der Waals surface area (Å²) in [7, 11) is 0. The zero-order valence-corrected chi connectivity index (χ0v) is 37.0. The average Bonchev–Trinajstić information content (AvgIpc) is 3.25. The maximum Gasteiger partial charge on any atom is 0.401 e. The molecule has 0 heterocycles. The third kappa shape index (κ3) is 13.9. The molecule has 344 valence electrons. The number of nitrogens with one attached hydrogen (secondary N) is 2. The van der Waals surface area contributed by atoms with Gasteiger partial charge in [-0.15, -0.1) is 0 Å². The second-order valence-corrected chi connectivity index (χ2v) is 16.4. The van der Waals surface area contributed by atoms with Gasteiger partial charge in [-0.25, -0.2) is 17.6 Å². The fourth-order valence-corrected chi connectivity index (χ4v) is 8.18. The SMILES string of the molecule is CCC(C)C(=O)OC1CCCCC1N=C1C=CC(=C(c2ccc(N(CC)CC)cc2)c2ccc(N(CC)CCNCC(F)(F)CC(F)(F)CNCC(F)(F)F)cc2)c2ccccc21. The number of carbonyl (C=O) groups excluding carboxylic acids is 1. The predicted octanol–water partition coefficient (Wildman–Crippen LogP) is 11.0. The highest BCUT2D eigenvalue weighted by molar-refractivity contribution is 6.19. The standard InChI is InChI=1S/C49H62F7N5O2/c1-6-34(5)46(62)63-44-17-13-12-16-43(44)59-42-27-26-41(39-14-10-11-15-40(39)42)45(35-18-22-37(23-19-35)60(7-2)8-3)36-20-24-38(25-21-36)61(9-4)29-28-57-31-47(50,51)30-48(52,53)32-58-33-49(54,55)56/h10-11,14-15,18-27,34,43-44,57-58H,6-9,12-13,16-17,28-33H2,1-5H3. The number of esters is 1. The summed E-state index contributed by atoms with van der Waals surface area (Å²) in [4.78, 5) is 22.4. The Morgan fingerprint density at radius 3 is 1.86 bits per heavy atom. The summed E-state index contributed by atoms with van der Waals surface area (Å²) in [5.74, 6) is -8.21. The molecule has 3 unspecified atom stereocenters. The number of alkyl halides is 7. The first-order valence-corrected chi connectivity index (χ1v) is 22.2. The summed E-state index contributed by atoms with van der Waals surface area (Å²) in [6, 6.07) is 24.6. The van der Waals surface area contributed by atoms with Crippen molar-refractivity contribution in [3.05, 3.63) is 107 Å². The molecule has 3 aromatic rings. The van der Waals surface area contributed by atoms with Gasteiger partial charge in [-0.3, -0.25) is 9.79 Å². The Kier molecular flexibility index (Phi) is 17.4. The molecule has 0 saturated heterocycles. The van der Waals surface area contributed by atoms with Gasteiger partial charge in [-0.2, -0.15) is 13.2 Å². The van der Waals surface area contributed by atoms with Crippen molar-refractivity contribution in [2.45, 2.75) is 103 Å². The van der Waals surface area contributed by atoms with Crippen LogP contribution in [0.2, 0.25) is 0 Å². The third-order valence-corrected chi connectivity index (χ3v) is 11.8. The number of carbonyl (C=O) groups is 1. The van der Waals surface area contributed by atoms with Gasteiger partial charge in [0.25, 0.3) is 11.8 Å². The Hall–Kier alpha value is -4.69. The number of allylic oxidation sites excluding steroid dienone is 3. The van der Waals surface area contributed by atoms with Crippen molar-refractivity contribution >= 4 is 34.2 Å². The number of nitrogens with zero attached hydrogens (tertiary/aromatic N) is 3. The van der Waals surface area contributed by atoms with E-state index in [1.165, 1.54) is 5.32 Å². The van der Waals surface area contributed by atoms with Crippen LogP contribution in [-0.4, -0.2) is 94.2 Å². The van der Waals surface area contributed by atoms with Crippen molar-refractivity contribution < 1.29 is 40.3 Å². The van der Waals surface area contributed by atoms with Crippen LogP contribution >= 0.6 is 0 Å². The van der Waals surface area contributed by atoms with Crippen LogP contribution in [0.5, 0.6) is 0 Å². The third-order valence-electron chi connectivity index (χ3n) is 11.8. The molecule has 0 radical (unpaired) electrons. The minimum Gasteiger partial charge on any atom is -0.460 e. The summed E-state index contributed by atoms with van der Waals surface area (Å²) in [6.45, 7) is 8.46. The van der Waals surface area contributed by atoms with Gasteiger partial charge >= 0.3 is 12.1 Å². The molecule has 3 atom stereocenters. The summed E-state index contributed by atoms with van der Waals surface area (Å²) >= 11 is 0. The van der Waals surface area contributed by atoms with Gasteiger partial charge in [-0.05, 0) is 105 Å². The molecule has 63 heavy (non-hydrogen) atoms. The molecule has 0 aliphatic heterocycles. The molecule has 1 saturated carbocycles. The molecular formula is C49H62F7N5O2. The van der Waals surface area contributed by atoms with E-state index in [1.807, 2.05) is 62.1 Å². The highest BCUT2D eigenvalue weighted by Gasteiger charge is 2.43. The number of benzene rings is 3. The lowest BCUT2D eigenvalue weighted by atomic mass is 9.83. The number of aliphatic imine (C=N–C) groups is 1. The number of likely N-dealkylation sites (N-methyl/N-ethyl adjacent to an activating group) is 1. The molecule has 2 aliphatic rings. The zero-order chi connectivity index (χ0) is 45.8. The van der Waals surface area contributed by atoms with E-state index < -0.39 is 44.1 Å². The number of ether oxygens (including phenoxy) is 1. The largest absolute Gasteiger partial charge is 0.460 e. The second-order valence-electron chi connectivity index (χ2n) is 16.4. The first-order chi connectivity index (χ1) is 30.0. The Morgan fingerprint density at radius 1 is 0.730 bits per heavy atom. The molecule has 0 aromatic heterocycles. The van der Waals surface area contributed by atoms with E-state index in [0.717, 1.165) is 89.3 Å². The molecule has 1 fully saturated rings. The Bertz CT molecular complexity index is 2030. The topological polar surface area (TPSA) is 69.2 Å². The van der Waals surface area contributed by atoms with E-state index in [9.17, 15) is 35.5 Å². The predicted molar refractivity (Wildman–Crippen MR) is 240 cm³/mol. The fraction of sp³-hybridized carbons (Fsp3) is 0.510. The molecule has 5 rings (SSSR count). The number of halogens is 7. The number of hydrogen-bond donors (Lipinski definition) is 2. The highest BCUT2D eigenvalue weighted by Crippen LogP contribution is 2.39. The minimum absolute atomic E-state index is 0.0601. The Morgan fingerprint density at radius 2 is 1.29 bits per heavy atom. The summed E-state index contributed by atoms with van der Waals surface area (Å²) in [6.07, 6.45) is 1.63. The summed E-state index contributed by atoms with van der Waals surface area (Å²) in [5.41, 5.74) is 8.77. The smallest absolute Gasteiger partial charge is 0.401 e. The molecule has 0 amide bonds. The van der Waals surface area contributed by atoms with Crippen molar-refractivity contribution in [1.29, 1.82) is 0 Å². The lowest BCUT2D eigenvalue weighted by molar-refractivity contribution is -0.156. The monoisotopic (exact) mass is 885 g/mol. The van der Waals surface area contributed by atoms with Crippen LogP contribution in [0.3, 0.4) is 0 Å². The van der Waals surface area contributed by atoms with E-state index in [-0.39, 0.29) is 30.6 Å². The van der Waals surface area contributed by atoms with Crippen LogP contribution in [0.1, 0.15) is 95.4 Å². The molecule has 7 nitrogen and oxygen atoms in total. The van der Waals surface area contributed by atoms with Gasteiger partial charge in [0, 0.05) is 49.7 Å². The quantitative estimate of drug-likeness (QED) is 0.0631. The van der Waals surface area contributed by atoms with Crippen LogP contribution < -0.4 is 20.4 Å². The maximum absolute atomic E-state index is 14.5. The number of rotatable bonds is 21. The van der Waals surface area contributed by atoms with Crippen molar-refractivity contribution in [1.82, 2.24) is 10.6 Å². The molecule has 3 aromatic carbocycles. The van der Waals surface area contributed by atoms with Gasteiger partial charge in [-0.1, -0.05) is 74.9 Å². The van der Waals surface area contributed by atoms with Crippen molar-refractivity contribution in [2.75, 3.05) is 62.2 Å². The summed E-state index contributed by atoms with van der Waals surface area (Å²) in [5, 5.41) is 4.07. The van der Waals surface area contributed by atoms with E-state index in [4.69, 9.17) is 9.73 Å². The molecular weight excluding hydrogens is 824 g/mol. The molecule has 14 heteroatoms. The maximum atomic E-state index is 14.5. The molecule has 0 bridgehead atoms. The van der Waals surface area contributed by atoms with Gasteiger partial charge < -0.3 is 25.2 Å². The number of fused-ring (bicyclic) bond motifs is 1. The Labute approximate surface area is 367 Å². The van der Waals surface area contributed by atoms with Crippen LogP contribution in [0.15, 0.2) is 89.9 Å². The first kappa shape index (κ1) is 49.3. The number of hydrogen-bond acceptors (Lipinski definition) is 7. The lowest BCUT2D eigenvalue weighted by Gasteiger charge is -2.30. The van der Waals surface area contributed by atoms with E-state index in [2.05, 4.69) is 72.6 Å². The van der Waals surface area contributed by atoms with E-state index in [1.54, 1.807) is 0 Å². The lowest BCUT2D eigenvalue weighted by Crippen LogP contribution is -2.45. The van der Waals surface area contributed by atoms with Crippen LogP contribution in [0, 0.1) is 5.92 Å². The highest BCUT2D eigenvalue weighted by atomic mass is 19.4. The van der Waals surface area contributed by atoms with Crippen molar-refractivity contribution in [3.8, 4) is 0 Å². The first-order valence-electron chi connectivity index (χ1n) is 22.2. The zero-order valence-electron chi connectivity index (χ0n) is 37.0. The summed E-state index contributed by atoms with van der Waals surface area (Å²) < 4.78 is 100. The number of anilines is 2. The van der Waals surface area contributed by atoms with Crippen molar-refractivity contribution in [3.63, 3.8) is 0 Å². The van der Waals surface area contributed by atoms with Crippen LogP contribution in [0.4, 0.5) is 42.1 Å². The van der Waals surface area contributed by atoms with Crippen LogP contribution in [-0.2, 0) is 9.53 Å². The molecule has 0 spiro atoms. The fourth-order valence-electron chi connectivity index (χ4n) is 8.18. The second kappa shape index (κ2) is 22.3. The van der Waals surface area contributed by atoms with Crippen LogP contribution in [0.25, 0.3) is 11.1 Å². The average molecular weight is 886 g/mol. The van der Waals surface area contributed by atoms with E-state index >= 15 is 0 Å². The normalized spacial score (nSPS) is 18.8. The van der Waals surface area contributed by atoms with E-state index in [0.29, 0.717) is 19.5 Å².